The third-order valence-corrected chi connectivity index (χ3v) is 14.9. The molecule has 0 unspecified atom stereocenters. The van der Waals surface area contributed by atoms with Gasteiger partial charge in [-0.15, -0.1) is 0 Å². The summed E-state index contributed by atoms with van der Waals surface area (Å²) in [7, 11) is 2.72. The molecule has 0 spiro atoms. The zero-order valence-electron chi connectivity index (χ0n) is 43.8. The minimum atomic E-state index is -4.95. The van der Waals surface area contributed by atoms with Gasteiger partial charge in [0.05, 0.1) is 45.5 Å². The molecule has 23 heteroatoms. The number of aromatic nitrogens is 2. The van der Waals surface area contributed by atoms with Gasteiger partial charge in [0.2, 0.25) is 23.5 Å². The Labute approximate surface area is 448 Å². The lowest BCUT2D eigenvalue weighted by Crippen LogP contribution is -2.47. The Morgan fingerprint density at radius 3 is 2.13 bits per heavy atom. The second-order valence-corrected chi connectivity index (χ2v) is 19.7. The first-order chi connectivity index (χ1) is 37.3. The SMILES string of the molecule is COc1c([C@H]2[C@H](C(=O)Nc3ccnc(C(=O)NCCCNC(=O)C4CCC(c5ccc(C(=O)NCCOCCOCCNC(=O)[C@H]6CC(=O)N(C)[C@@H]6c6cccnc6)cc5)CC4)c3)O[C@@](C)(C(F)(F)F)[C@H]2C)ccc(F)c1F. The number of ether oxygens (including phenoxy) is 4. The Kier molecular flexibility index (Phi) is 19.9. The van der Waals surface area contributed by atoms with Crippen LogP contribution in [0.4, 0.5) is 27.6 Å². The molecule has 1 saturated carbocycles. The number of methoxy groups -OCH3 is 1. The Morgan fingerprint density at radius 1 is 0.795 bits per heavy atom. The van der Waals surface area contributed by atoms with E-state index in [2.05, 4.69) is 36.6 Å². The van der Waals surface area contributed by atoms with Crippen LogP contribution in [0.5, 0.6) is 5.75 Å². The van der Waals surface area contributed by atoms with Crippen LogP contribution < -0.4 is 31.3 Å². The molecule has 3 aliphatic rings. The molecule has 6 amide bonds. The monoisotopic (exact) mass is 1090 g/mol. The number of anilines is 1. The molecule has 2 saturated heterocycles. The van der Waals surface area contributed by atoms with Gasteiger partial charge in [0.15, 0.2) is 17.2 Å². The maximum atomic E-state index is 14.8. The molecule has 6 atom stereocenters. The number of amides is 6. The van der Waals surface area contributed by atoms with Gasteiger partial charge in [-0.3, -0.25) is 38.7 Å². The van der Waals surface area contributed by atoms with Crippen molar-refractivity contribution in [1.82, 2.24) is 36.1 Å². The second-order valence-electron chi connectivity index (χ2n) is 19.7. The van der Waals surface area contributed by atoms with Crippen molar-refractivity contribution >= 4 is 41.1 Å². The van der Waals surface area contributed by atoms with Crippen LogP contribution >= 0.6 is 0 Å². The van der Waals surface area contributed by atoms with Crippen molar-refractivity contribution < 1.29 is 69.7 Å². The normalized spacial score (nSPS) is 23.1. The Balaban J connectivity index is 0.747. The maximum absolute atomic E-state index is 14.8. The fourth-order valence-corrected chi connectivity index (χ4v) is 10.4. The summed E-state index contributed by atoms with van der Waals surface area (Å²) >= 11 is 0. The summed E-state index contributed by atoms with van der Waals surface area (Å²) in [6.07, 6.45) is 1.20. The molecule has 4 aromatic rings. The zero-order valence-corrected chi connectivity index (χ0v) is 43.8. The molecule has 7 rings (SSSR count). The van der Waals surface area contributed by atoms with Crippen molar-refractivity contribution in [3.63, 3.8) is 0 Å². The molecule has 2 aliphatic heterocycles. The number of carbonyl (C=O) groups excluding carboxylic acids is 6. The fourth-order valence-electron chi connectivity index (χ4n) is 10.4. The molecule has 78 heavy (non-hydrogen) atoms. The third kappa shape index (κ3) is 13.9. The first kappa shape index (κ1) is 58.6. The number of halogens is 5. The van der Waals surface area contributed by atoms with Gasteiger partial charge in [-0.25, -0.2) is 4.39 Å². The van der Waals surface area contributed by atoms with Crippen LogP contribution in [0.15, 0.2) is 79.3 Å². The van der Waals surface area contributed by atoms with Crippen molar-refractivity contribution in [2.45, 2.75) is 88.1 Å². The fraction of sp³-hybridized carbons (Fsp3) is 0.491. The number of nitrogens with one attached hydrogen (secondary N) is 5. The van der Waals surface area contributed by atoms with Gasteiger partial charge in [0.1, 0.15) is 11.8 Å². The topological polar surface area (TPSA) is 229 Å². The lowest BCUT2D eigenvalue weighted by atomic mass is 9.77. The van der Waals surface area contributed by atoms with E-state index >= 15 is 0 Å². The van der Waals surface area contributed by atoms with Gasteiger partial charge in [-0.2, -0.15) is 17.6 Å². The molecular formula is C55H65F5N8O10. The highest BCUT2D eigenvalue weighted by Gasteiger charge is 2.66. The van der Waals surface area contributed by atoms with Crippen molar-refractivity contribution in [1.29, 1.82) is 0 Å². The lowest BCUT2D eigenvalue weighted by molar-refractivity contribution is -0.272. The molecule has 2 aromatic heterocycles. The average Bonchev–Trinajstić information content (AvgIpc) is 4.08. The summed E-state index contributed by atoms with van der Waals surface area (Å²) < 4.78 is 93.6. The van der Waals surface area contributed by atoms with E-state index in [1.807, 2.05) is 18.2 Å². The number of rotatable bonds is 23. The molecular weight excluding hydrogens is 1030 g/mol. The van der Waals surface area contributed by atoms with E-state index in [1.165, 1.54) is 25.3 Å². The number of pyridine rings is 2. The molecule has 18 nitrogen and oxygen atoms in total. The van der Waals surface area contributed by atoms with Gasteiger partial charge < -0.3 is 50.4 Å². The second kappa shape index (κ2) is 26.5. The van der Waals surface area contributed by atoms with Crippen molar-refractivity contribution in [2.24, 2.45) is 17.8 Å². The highest BCUT2D eigenvalue weighted by molar-refractivity contribution is 5.98. The van der Waals surface area contributed by atoms with Crippen LogP contribution in [0.2, 0.25) is 0 Å². The smallest absolute Gasteiger partial charge is 0.417 e. The first-order valence-corrected chi connectivity index (χ1v) is 25.9. The average molecular weight is 1090 g/mol. The third-order valence-electron chi connectivity index (χ3n) is 14.9. The highest BCUT2D eigenvalue weighted by atomic mass is 19.4. The summed E-state index contributed by atoms with van der Waals surface area (Å²) in [5, 5.41) is 13.8. The van der Waals surface area contributed by atoms with Crippen molar-refractivity contribution in [3.8, 4) is 5.75 Å². The molecule has 0 radical (unpaired) electrons. The van der Waals surface area contributed by atoms with E-state index in [4.69, 9.17) is 18.9 Å². The largest absolute Gasteiger partial charge is 0.493 e. The van der Waals surface area contributed by atoms with E-state index in [9.17, 15) is 50.7 Å². The molecule has 2 aromatic carbocycles. The summed E-state index contributed by atoms with van der Waals surface area (Å²) in [6, 6.07) is 15.0. The number of benzene rings is 2. The van der Waals surface area contributed by atoms with Crippen molar-refractivity contribution in [2.75, 3.05) is 72.1 Å². The predicted molar refractivity (Wildman–Crippen MR) is 273 cm³/mol. The number of hydrogen-bond acceptors (Lipinski definition) is 12. The van der Waals surface area contributed by atoms with Crippen LogP contribution in [-0.2, 0) is 33.4 Å². The van der Waals surface area contributed by atoms with Crippen LogP contribution in [0.25, 0.3) is 0 Å². The minimum Gasteiger partial charge on any atom is -0.493 e. The predicted octanol–water partition coefficient (Wildman–Crippen LogP) is 6.15. The Hall–Kier alpha value is -7.11. The zero-order chi connectivity index (χ0) is 56.1. The number of nitrogens with zero attached hydrogens (tertiary/aromatic N) is 3. The van der Waals surface area contributed by atoms with E-state index in [-0.39, 0.29) is 97.7 Å². The van der Waals surface area contributed by atoms with Crippen LogP contribution in [-0.4, -0.2) is 135 Å². The molecule has 0 bridgehead atoms. The standard InChI is InChI=1S/C55H65F5N8O10/c1-32-44(39-16-17-41(56)45(57)47(39)75-4)48(78-54(32,2)55(58,59)60)53(74)67-38-18-22-62-42(29-38)52(73)64-21-6-20-63-49(70)35-12-8-33(9-13-35)34-10-14-36(15-11-34)50(71)65-23-25-76-27-28-77-26-24-66-51(72)40-30-43(69)68(3)46(40)37-7-5-19-61-31-37/h5,7,10-11,14-19,22,29,31-33,35,40,44,46,48H,6,8-9,12-13,20-21,23-28,30H2,1-4H3,(H,63,70)(H,64,73)(H,65,71)(H,66,72)(H,62,67,74)/t32-,33?,35?,40-,44-,46+,48+,54+/m0/s1. The summed E-state index contributed by atoms with van der Waals surface area (Å²) in [6.45, 7) is 4.15. The molecule has 3 fully saturated rings. The molecule has 5 N–H and O–H groups in total. The molecule has 4 heterocycles. The quantitative estimate of drug-likeness (QED) is 0.0416. The summed E-state index contributed by atoms with van der Waals surface area (Å²) in [5.41, 5.74) is -0.744. The van der Waals surface area contributed by atoms with Crippen LogP contribution in [0.3, 0.4) is 0 Å². The van der Waals surface area contributed by atoms with Gasteiger partial charge in [-0.1, -0.05) is 31.2 Å². The Bertz CT molecular complexity index is 2750. The van der Waals surface area contributed by atoms with Gasteiger partial charge >= 0.3 is 6.18 Å². The highest BCUT2D eigenvalue weighted by Crippen LogP contribution is 2.55. The van der Waals surface area contributed by atoms with Crippen molar-refractivity contribution in [3.05, 3.63) is 119 Å². The van der Waals surface area contributed by atoms with Crippen LogP contribution in [0, 0.1) is 29.4 Å². The lowest BCUT2D eigenvalue weighted by Gasteiger charge is -2.32. The maximum Gasteiger partial charge on any atom is 0.417 e. The van der Waals surface area contributed by atoms with E-state index in [0.717, 1.165) is 50.1 Å². The summed E-state index contributed by atoms with van der Waals surface area (Å²) in [4.78, 5) is 87.5. The van der Waals surface area contributed by atoms with E-state index in [0.29, 0.717) is 44.6 Å². The van der Waals surface area contributed by atoms with Crippen LogP contribution in [0.1, 0.15) is 108 Å². The molecule has 420 valence electrons. The number of carbonyl (C=O) groups is 6. The number of likely N-dealkylation sites (tertiary alicyclic amines) is 1. The first-order valence-electron chi connectivity index (χ1n) is 25.9. The number of hydrogen-bond donors (Lipinski definition) is 5. The Morgan fingerprint density at radius 2 is 1.46 bits per heavy atom. The van der Waals surface area contributed by atoms with Gasteiger partial charge in [0, 0.05) is 92.8 Å². The summed E-state index contributed by atoms with van der Waals surface area (Å²) in [5.74, 6) is -9.00. The van der Waals surface area contributed by atoms with Gasteiger partial charge in [0.25, 0.3) is 17.7 Å². The number of alkyl halides is 3. The van der Waals surface area contributed by atoms with E-state index in [1.54, 1.807) is 42.5 Å². The minimum absolute atomic E-state index is 0.0118. The van der Waals surface area contributed by atoms with Gasteiger partial charge in [-0.05, 0) is 92.5 Å². The van der Waals surface area contributed by atoms with E-state index < -0.39 is 64.8 Å². The molecule has 1 aliphatic carbocycles.